The number of carbonyl (C=O) groups is 1. The third-order valence-corrected chi connectivity index (χ3v) is 6.80. The number of ketones is 1. The van der Waals surface area contributed by atoms with E-state index in [-0.39, 0.29) is 11.8 Å². The summed E-state index contributed by atoms with van der Waals surface area (Å²) in [6.45, 7) is 3.42. The number of nitrogens with zero attached hydrogens (tertiary/aromatic N) is 3. The molecule has 2 fully saturated rings. The Labute approximate surface area is 185 Å². The van der Waals surface area contributed by atoms with Crippen LogP contribution in [0.5, 0.6) is 0 Å². The maximum atomic E-state index is 13.2. The van der Waals surface area contributed by atoms with Gasteiger partial charge in [0.2, 0.25) is 0 Å². The van der Waals surface area contributed by atoms with Gasteiger partial charge < -0.3 is 15.4 Å². The molecule has 3 N–H and O–H groups in total. The van der Waals surface area contributed by atoms with Crippen molar-refractivity contribution in [2.45, 2.75) is 50.3 Å². The third-order valence-electron chi connectivity index (χ3n) is 6.47. The lowest BCUT2D eigenvalue weighted by Gasteiger charge is -2.50. The fourth-order valence-corrected chi connectivity index (χ4v) is 5.13. The smallest absolute Gasteiger partial charge is 0.196 e. The van der Waals surface area contributed by atoms with E-state index in [9.17, 15) is 9.90 Å². The van der Waals surface area contributed by atoms with Crippen molar-refractivity contribution < 1.29 is 9.90 Å². The number of carbonyl (C=O) groups excluding carboxylic acids is 1. The van der Waals surface area contributed by atoms with Gasteiger partial charge in [0.1, 0.15) is 17.8 Å². The molecule has 0 amide bonds. The van der Waals surface area contributed by atoms with E-state index < -0.39 is 5.60 Å². The van der Waals surface area contributed by atoms with Gasteiger partial charge in [-0.1, -0.05) is 23.7 Å². The molecule has 0 bridgehead atoms. The Kier molecular flexibility index (Phi) is 5.20. The highest BCUT2D eigenvalue weighted by Gasteiger charge is 2.41. The molecule has 1 aliphatic heterocycles. The van der Waals surface area contributed by atoms with Gasteiger partial charge in [-0.3, -0.25) is 9.69 Å². The van der Waals surface area contributed by atoms with Crippen molar-refractivity contribution in [1.82, 2.24) is 19.9 Å². The molecular formula is C23H26ClN5O2. The van der Waals surface area contributed by atoms with Gasteiger partial charge in [-0.15, -0.1) is 0 Å². The van der Waals surface area contributed by atoms with E-state index >= 15 is 0 Å². The Morgan fingerprint density at radius 2 is 1.94 bits per heavy atom. The Bertz CT molecular complexity index is 1110. The van der Waals surface area contributed by atoms with Crippen molar-refractivity contribution in [3.8, 4) is 0 Å². The summed E-state index contributed by atoms with van der Waals surface area (Å²) in [7, 11) is 0. The zero-order chi connectivity index (χ0) is 21.6. The molecule has 2 aliphatic rings. The maximum Gasteiger partial charge on any atom is 0.196 e. The Balaban J connectivity index is 1.34. The molecule has 1 aliphatic carbocycles. The van der Waals surface area contributed by atoms with E-state index in [1.165, 1.54) is 6.33 Å². The fraction of sp³-hybridized carbons (Fsp3) is 0.435. The molecule has 0 atom stereocenters. The summed E-state index contributed by atoms with van der Waals surface area (Å²) in [6, 6.07) is 7.88. The van der Waals surface area contributed by atoms with Crippen LogP contribution >= 0.6 is 11.6 Å². The number of hydrogen-bond acceptors (Lipinski definition) is 6. The average molecular weight is 440 g/mol. The summed E-state index contributed by atoms with van der Waals surface area (Å²) in [5.74, 6) is 0.528. The summed E-state index contributed by atoms with van der Waals surface area (Å²) in [5.41, 5.74) is 1.08. The third kappa shape index (κ3) is 3.93. The molecule has 7 nitrogen and oxygen atoms in total. The summed E-state index contributed by atoms with van der Waals surface area (Å²) < 4.78 is 0. The number of benzene rings is 1. The molecule has 2 aromatic heterocycles. The van der Waals surface area contributed by atoms with Gasteiger partial charge in [0, 0.05) is 36.9 Å². The molecular weight excluding hydrogens is 414 g/mol. The zero-order valence-corrected chi connectivity index (χ0v) is 18.2. The molecule has 0 spiro atoms. The SMILES string of the molecule is CC1(O)CN(C2CCC(Nc3ncnc4[nH]cc(C(=O)c5ccccc5Cl)c34)CC2)C1. The lowest BCUT2D eigenvalue weighted by atomic mass is 9.85. The number of halogens is 1. The van der Waals surface area contributed by atoms with Crippen LogP contribution in [0, 0.1) is 0 Å². The van der Waals surface area contributed by atoms with Crippen molar-refractivity contribution in [3.05, 3.63) is 52.9 Å². The van der Waals surface area contributed by atoms with Gasteiger partial charge in [-0.2, -0.15) is 0 Å². The zero-order valence-electron chi connectivity index (χ0n) is 17.4. The first-order chi connectivity index (χ1) is 14.9. The number of fused-ring (bicyclic) bond motifs is 1. The Hall–Kier alpha value is -2.48. The van der Waals surface area contributed by atoms with Gasteiger partial charge in [0.05, 0.1) is 21.6 Å². The minimum Gasteiger partial charge on any atom is -0.388 e. The second-order valence-electron chi connectivity index (χ2n) is 9.01. The number of nitrogens with one attached hydrogen (secondary N) is 2. The summed E-state index contributed by atoms with van der Waals surface area (Å²) in [4.78, 5) is 27.4. The van der Waals surface area contributed by atoms with Crippen LogP contribution in [0.25, 0.3) is 11.0 Å². The van der Waals surface area contributed by atoms with Gasteiger partial charge in [-0.05, 0) is 44.7 Å². The molecule has 31 heavy (non-hydrogen) atoms. The second-order valence-corrected chi connectivity index (χ2v) is 9.42. The normalized spacial score (nSPS) is 23.5. The minimum absolute atomic E-state index is 0.150. The van der Waals surface area contributed by atoms with E-state index in [0.29, 0.717) is 39.0 Å². The van der Waals surface area contributed by atoms with E-state index in [0.717, 1.165) is 38.8 Å². The van der Waals surface area contributed by atoms with Crippen LogP contribution in [0.15, 0.2) is 36.8 Å². The number of aromatic nitrogens is 3. The lowest BCUT2D eigenvalue weighted by Crippen LogP contribution is -2.63. The molecule has 1 aromatic carbocycles. The van der Waals surface area contributed by atoms with E-state index in [4.69, 9.17) is 11.6 Å². The van der Waals surface area contributed by atoms with Crippen LogP contribution in [0.2, 0.25) is 5.02 Å². The van der Waals surface area contributed by atoms with Crippen molar-refractivity contribution >= 4 is 34.2 Å². The molecule has 3 aromatic rings. The molecule has 1 saturated heterocycles. The predicted octanol–water partition coefficient (Wildman–Crippen LogP) is 3.63. The largest absolute Gasteiger partial charge is 0.388 e. The van der Waals surface area contributed by atoms with Gasteiger partial charge in [0.25, 0.3) is 0 Å². The summed E-state index contributed by atoms with van der Waals surface area (Å²) >= 11 is 6.26. The van der Waals surface area contributed by atoms with Crippen LogP contribution in [-0.4, -0.2) is 61.5 Å². The molecule has 8 heteroatoms. The first-order valence-electron chi connectivity index (χ1n) is 10.8. The van der Waals surface area contributed by atoms with E-state index in [1.807, 2.05) is 13.0 Å². The average Bonchev–Trinajstić information content (AvgIpc) is 3.18. The maximum absolute atomic E-state index is 13.2. The van der Waals surface area contributed by atoms with Crippen LogP contribution in [0.1, 0.15) is 48.5 Å². The van der Waals surface area contributed by atoms with Gasteiger partial charge in [0.15, 0.2) is 5.78 Å². The van der Waals surface area contributed by atoms with Crippen LogP contribution in [0.4, 0.5) is 5.82 Å². The number of rotatable bonds is 5. The van der Waals surface area contributed by atoms with E-state index in [1.54, 1.807) is 24.4 Å². The topological polar surface area (TPSA) is 94.1 Å². The molecule has 3 heterocycles. The summed E-state index contributed by atoms with van der Waals surface area (Å²) in [6.07, 6.45) is 7.41. The quantitative estimate of drug-likeness (QED) is 0.525. The predicted molar refractivity (Wildman–Crippen MR) is 121 cm³/mol. The number of hydrogen-bond donors (Lipinski definition) is 3. The number of likely N-dealkylation sites (tertiary alicyclic amines) is 1. The minimum atomic E-state index is -0.527. The molecule has 5 rings (SSSR count). The molecule has 0 radical (unpaired) electrons. The van der Waals surface area contributed by atoms with Crippen molar-refractivity contribution in [2.24, 2.45) is 0 Å². The number of H-pyrrole nitrogens is 1. The fourth-order valence-electron chi connectivity index (χ4n) is 4.91. The van der Waals surface area contributed by atoms with Gasteiger partial charge in [-0.25, -0.2) is 9.97 Å². The second kappa shape index (κ2) is 7.89. The highest BCUT2D eigenvalue weighted by Crippen LogP contribution is 2.33. The highest BCUT2D eigenvalue weighted by molar-refractivity contribution is 6.35. The van der Waals surface area contributed by atoms with Crippen LogP contribution in [-0.2, 0) is 0 Å². The van der Waals surface area contributed by atoms with Crippen LogP contribution in [0.3, 0.4) is 0 Å². The Morgan fingerprint density at radius 1 is 1.19 bits per heavy atom. The molecule has 162 valence electrons. The Morgan fingerprint density at radius 3 is 2.65 bits per heavy atom. The number of β-amino-alcohol motifs (C(OH)–C–C–N with tert-alkyl or cyclic N) is 1. The monoisotopic (exact) mass is 439 g/mol. The number of aliphatic hydroxyl groups is 1. The standard InChI is InChI=1S/C23H26ClN5O2/c1-23(31)11-29(12-23)15-8-6-14(7-9-15)28-22-19-17(10-25-21(19)26-13-27-22)20(30)16-4-2-3-5-18(16)24/h2-5,10,13-15,31H,6-9,11-12H2,1H3,(H2,25,26,27,28). The molecule has 0 unspecified atom stereocenters. The number of anilines is 1. The van der Waals surface area contributed by atoms with Crippen molar-refractivity contribution in [2.75, 3.05) is 18.4 Å². The first-order valence-corrected chi connectivity index (χ1v) is 11.1. The highest BCUT2D eigenvalue weighted by atomic mass is 35.5. The van der Waals surface area contributed by atoms with Crippen molar-refractivity contribution in [1.29, 1.82) is 0 Å². The van der Waals surface area contributed by atoms with E-state index in [2.05, 4.69) is 25.2 Å². The van der Waals surface area contributed by atoms with Gasteiger partial charge >= 0.3 is 0 Å². The summed E-state index contributed by atoms with van der Waals surface area (Å²) in [5, 5.41) is 14.7. The van der Waals surface area contributed by atoms with Crippen LogP contribution < -0.4 is 5.32 Å². The first kappa shape index (κ1) is 20.4. The number of aromatic amines is 1. The molecule has 1 saturated carbocycles. The van der Waals surface area contributed by atoms with Crippen molar-refractivity contribution in [3.63, 3.8) is 0 Å². The lowest BCUT2D eigenvalue weighted by molar-refractivity contribution is -0.107.